The van der Waals surface area contributed by atoms with E-state index in [9.17, 15) is 0 Å². The quantitative estimate of drug-likeness (QED) is 0.699. The monoisotopic (exact) mass is 341 g/mol. The van der Waals surface area contributed by atoms with E-state index in [4.69, 9.17) is 0 Å². The summed E-state index contributed by atoms with van der Waals surface area (Å²) in [4.78, 5) is 1.35. The Morgan fingerprint density at radius 1 is 0.913 bits per heavy atom. The molecule has 1 aliphatic carbocycles. The number of hydrogen-bond acceptors (Lipinski definition) is 2. The Labute approximate surface area is 147 Å². The zero-order valence-electron chi connectivity index (χ0n) is 13.0. The molecule has 0 radical (unpaired) electrons. The zero-order valence-corrected chi connectivity index (χ0v) is 14.7. The predicted octanol–water partition coefficient (Wildman–Crippen LogP) is 5.24. The predicted molar refractivity (Wildman–Crippen MR) is 103 cm³/mol. The molecule has 1 aliphatic rings. The number of rotatable bonds is 3. The highest BCUT2D eigenvalue weighted by atomic mass is 35.5. The molecular formula is C20H20ClNS. The maximum absolute atomic E-state index is 3.50. The molecule has 0 amide bonds. The van der Waals surface area contributed by atoms with Gasteiger partial charge in [0, 0.05) is 10.9 Å². The van der Waals surface area contributed by atoms with Gasteiger partial charge >= 0.3 is 0 Å². The molecule has 3 heteroatoms. The molecule has 3 aromatic carbocycles. The van der Waals surface area contributed by atoms with E-state index in [1.165, 1.54) is 26.8 Å². The van der Waals surface area contributed by atoms with Gasteiger partial charge in [-0.3, -0.25) is 0 Å². The molecule has 0 saturated carbocycles. The fourth-order valence-corrected chi connectivity index (χ4v) is 4.73. The standard InChI is InChI=1S/C20H19NS.ClH/c1-21-19-13-16-8-4-5-9-18(16)20(19)22-17-11-10-14-6-2-3-7-15(14)12-17;/h2-12,19-21H,13H2,1H3;1H/t19-,20-;/m1./s1. The second-order valence-corrected chi connectivity index (χ2v) is 7.06. The first-order valence-corrected chi connectivity index (χ1v) is 8.63. The molecule has 0 spiro atoms. The molecule has 0 fully saturated rings. The Morgan fingerprint density at radius 2 is 1.65 bits per heavy atom. The first-order chi connectivity index (χ1) is 10.8. The van der Waals surface area contributed by atoms with Crippen LogP contribution >= 0.6 is 24.2 Å². The van der Waals surface area contributed by atoms with Crippen LogP contribution < -0.4 is 5.32 Å². The number of benzene rings is 3. The fraction of sp³-hybridized carbons (Fsp3) is 0.200. The van der Waals surface area contributed by atoms with Crippen LogP contribution in [0.15, 0.2) is 71.6 Å². The topological polar surface area (TPSA) is 12.0 Å². The van der Waals surface area contributed by atoms with Crippen LogP contribution in [0.4, 0.5) is 0 Å². The molecular weight excluding hydrogens is 322 g/mol. The van der Waals surface area contributed by atoms with Gasteiger partial charge in [-0.1, -0.05) is 54.6 Å². The minimum absolute atomic E-state index is 0. The number of fused-ring (bicyclic) bond motifs is 2. The molecule has 3 aromatic rings. The van der Waals surface area contributed by atoms with Crippen LogP contribution in [0, 0.1) is 0 Å². The van der Waals surface area contributed by atoms with E-state index in [2.05, 4.69) is 79.1 Å². The van der Waals surface area contributed by atoms with E-state index in [1.54, 1.807) is 0 Å². The number of likely N-dealkylation sites (N-methyl/N-ethyl adjacent to an activating group) is 1. The highest BCUT2D eigenvalue weighted by molar-refractivity contribution is 7.99. The molecule has 4 rings (SSSR count). The van der Waals surface area contributed by atoms with Crippen molar-refractivity contribution >= 4 is 34.9 Å². The maximum Gasteiger partial charge on any atom is 0.0503 e. The summed E-state index contributed by atoms with van der Waals surface area (Å²) in [5.74, 6) is 0. The normalized spacial score (nSPS) is 19.3. The highest BCUT2D eigenvalue weighted by Crippen LogP contribution is 2.45. The van der Waals surface area contributed by atoms with Gasteiger partial charge in [0.2, 0.25) is 0 Å². The third-order valence-corrected chi connectivity index (χ3v) is 5.88. The Kier molecular flexibility index (Phi) is 4.96. The van der Waals surface area contributed by atoms with Crippen molar-refractivity contribution in [1.29, 1.82) is 0 Å². The van der Waals surface area contributed by atoms with Crippen LogP contribution in [0.3, 0.4) is 0 Å². The van der Waals surface area contributed by atoms with E-state index in [0.29, 0.717) is 11.3 Å². The molecule has 0 heterocycles. The van der Waals surface area contributed by atoms with Gasteiger partial charge in [0.05, 0.1) is 5.25 Å². The summed E-state index contributed by atoms with van der Waals surface area (Å²) in [6, 6.07) is 24.7. The fourth-order valence-electron chi connectivity index (χ4n) is 3.34. The Morgan fingerprint density at radius 3 is 2.48 bits per heavy atom. The molecule has 1 nitrogen and oxygen atoms in total. The Balaban J connectivity index is 0.00000156. The van der Waals surface area contributed by atoms with Crippen molar-refractivity contribution in [2.24, 2.45) is 0 Å². The van der Waals surface area contributed by atoms with Gasteiger partial charge in [0.1, 0.15) is 0 Å². The maximum atomic E-state index is 3.50. The van der Waals surface area contributed by atoms with Crippen molar-refractivity contribution < 1.29 is 0 Å². The van der Waals surface area contributed by atoms with E-state index in [0.717, 1.165) is 6.42 Å². The van der Waals surface area contributed by atoms with Gasteiger partial charge < -0.3 is 5.32 Å². The SMILES string of the molecule is CN[C@@H]1Cc2ccccc2[C@H]1Sc1ccc2ccccc2c1.Cl. The number of halogens is 1. The molecule has 2 atom stereocenters. The minimum Gasteiger partial charge on any atom is -0.315 e. The molecule has 23 heavy (non-hydrogen) atoms. The van der Waals surface area contributed by atoms with Crippen LogP contribution in [0.1, 0.15) is 16.4 Å². The largest absolute Gasteiger partial charge is 0.315 e. The van der Waals surface area contributed by atoms with E-state index in [-0.39, 0.29) is 12.4 Å². The second kappa shape index (κ2) is 6.96. The summed E-state index contributed by atoms with van der Waals surface area (Å²) in [5.41, 5.74) is 2.97. The van der Waals surface area contributed by atoms with E-state index < -0.39 is 0 Å². The van der Waals surface area contributed by atoms with Crippen molar-refractivity contribution in [3.05, 3.63) is 77.9 Å². The molecule has 0 saturated heterocycles. The van der Waals surface area contributed by atoms with Crippen molar-refractivity contribution in [2.75, 3.05) is 7.05 Å². The Hall–Kier alpha value is -1.48. The summed E-state index contributed by atoms with van der Waals surface area (Å²) in [5, 5.41) is 6.61. The van der Waals surface area contributed by atoms with Crippen LogP contribution in [-0.4, -0.2) is 13.1 Å². The van der Waals surface area contributed by atoms with Gasteiger partial charge in [-0.15, -0.1) is 24.2 Å². The van der Waals surface area contributed by atoms with Crippen molar-refractivity contribution in [1.82, 2.24) is 5.32 Å². The minimum atomic E-state index is 0. The summed E-state index contributed by atoms with van der Waals surface area (Å²) < 4.78 is 0. The smallest absolute Gasteiger partial charge is 0.0503 e. The first-order valence-electron chi connectivity index (χ1n) is 7.76. The molecule has 1 N–H and O–H groups in total. The molecule has 0 aromatic heterocycles. The number of thioether (sulfide) groups is 1. The van der Waals surface area contributed by atoms with E-state index >= 15 is 0 Å². The van der Waals surface area contributed by atoms with Gasteiger partial charge in [-0.05, 0) is 47.5 Å². The number of hydrogen-bond donors (Lipinski definition) is 1. The van der Waals surface area contributed by atoms with Gasteiger partial charge in [-0.25, -0.2) is 0 Å². The van der Waals surface area contributed by atoms with Crippen molar-refractivity contribution in [2.45, 2.75) is 22.6 Å². The second-order valence-electron chi connectivity index (χ2n) is 5.85. The van der Waals surface area contributed by atoms with Gasteiger partial charge in [0.15, 0.2) is 0 Å². The average molecular weight is 342 g/mol. The lowest BCUT2D eigenvalue weighted by atomic mass is 10.1. The van der Waals surface area contributed by atoms with Gasteiger partial charge in [-0.2, -0.15) is 0 Å². The lowest BCUT2D eigenvalue weighted by Crippen LogP contribution is -2.27. The van der Waals surface area contributed by atoms with Crippen molar-refractivity contribution in [3.8, 4) is 0 Å². The van der Waals surface area contributed by atoms with Crippen molar-refractivity contribution in [3.63, 3.8) is 0 Å². The number of nitrogens with one attached hydrogen (secondary N) is 1. The third kappa shape index (κ3) is 3.12. The molecule has 0 unspecified atom stereocenters. The Bertz CT molecular complexity index is 817. The third-order valence-electron chi connectivity index (χ3n) is 4.52. The summed E-state index contributed by atoms with van der Waals surface area (Å²) in [7, 11) is 2.07. The molecule has 118 valence electrons. The summed E-state index contributed by atoms with van der Waals surface area (Å²) in [6.07, 6.45) is 1.12. The lowest BCUT2D eigenvalue weighted by molar-refractivity contribution is 0.584. The lowest BCUT2D eigenvalue weighted by Gasteiger charge is -2.19. The van der Waals surface area contributed by atoms with E-state index in [1.807, 2.05) is 11.8 Å². The summed E-state index contributed by atoms with van der Waals surface area (Å²) in [6.45, 7) is 0. The first kappa shape index (κ1) is 16.4. The van der Waals surface area contributed by atoms with Crippen LogP contribution in [-0.2, 0) is 6.42 Å². The molecule has 0 bridgehead atoms. The van der Waals surface area contributed by atoms with Crippen LogP contribution in [0.2, 0.25) is 0 Å². The van der Waals surface area contributed by atoms with Crippen LogP contribution in [0.25, 0.3) is 10.8 Å². The average Bonchev–Trinajstić information content (AvgIpc) is 2.93. The zero-order chi connectivity index (χ0) is 14.9. The van der Waals surface area contributed by atoms with Gasteiger partial charge in [0.25, 0.3) is 0 Å². The summed E-state index contributed by atoms with van der Waals surface area (Å²) >= 11 is 1.98. The highest BCUT2D eigenvalue weighted by Gasteiger charge is 2.31. The van der Waals surface area contributed by atoms with Crippen LogP contribution in [0.5, 0.6) is 0 Å². The molecule has 0 aliphatic heterocycles.